The molecule has 0 saturated carbocycles. The molecule has 0 aliphatic rings. The van der Waals surface area contributed by atoms with Gasteiger partial charge in [0.15, 0.2) is 0 Å². The monoisotopic (exact) mass is 377 g/mol. The summed E-state index contributed by atoms with van der Waals surface area (Å²) in [6, 6.07) is 6.86. The number of rotatable bonds is 10. The van der Waals surface area contributed by atoms with Crippen LogP contribution in [0.3, 0.4) is 0 Å². The molecule has 0 aliphatic heterocycles. The normalized spacial score (nSPS) is 12.3. The number of hydrogen-bond donors (Lipinski definition) is 3. The van der Waals surface area contributed by atoms with E-state index in [1.807, 2.05) is 0 Å². The van der Waals surface area contributed by atoms with Crippen molar-refractivity contribution in [2.24, 2.45) is 5.73 Å². The summed E-state index contributed by atoms with van der Waals surface area (Å²) in [6.45, 7) is 4.33. The summed E-state index contributed by atoms with van der Waals surface area (Å²) in [5.74, 6) is -0.108. The van der Waals surface area contributed by atoms with Gasteiger partial charge >= 0.3 is 0 Å². The summed E-state index contributed by atoms with van der Waals surface area (Å²) in [4.78, 5) is 12.2. The number of unbranched alkanes of at least 4 members (excludes halogenated alkanes) is 1. The van der Waals surface area contributed by atoms with E-state index in [2.05, 4.69) is 17.0 Å². The molecule has 138 valence electrons. The molecule has 1 aromatic carbocycles. The van der Waals surface area contributed by atoms with E-state index < -0.39 is 10.0 Å². The summed E-state index contributed by atoms with van der Waals surface area (Å²) in [5, 5.41) is 2.93. The van der Waals surface area contributed by atoms with Gasteiger partial charge in [-0.3, -0.25) is 4.79 Å². The second-order valence-electron chi connectivity index (χ2n) is 5.47. The van der Waals surface area contributed by atoms with Gasteiger partial charge in [-0.05, 0) is 31.0 Å². The fourth-order valence-corrected chi connectivity index (χ4v) is 2.63. The summed E-state index contributed by atoms with van der Waals surface area (Å²) in [7, 11) is -3.22. The van der Waals surface area contributed by atoms with Gasteiger partial charge in [0.05, 0.1) is 5.75 Å². The second-order valence-corrected chi connectivity index (χ2v) is 7.57. The van der Waals surface area contributed by atoms with Crippen molar-refractivity contribution in [3.8, 4) is 0 Å². The zero-order chi connectivity index (χ0) is 17.3. The van der Waals surface area contributed by atoms with Crippen molar-refractivity contribution in [3.05, 3.63) is 35.4 Å². The zero-order valence-corrected chi connectivity index (χ0v) is 15.9. The number of hydrogen-bond acceptors (Lipinski definition) is 4. The highest BCUT2D eigenvalue weighted by molar-refractivity contribution is 7.89. The molecule has 1 aromatic rings. The van der Waals surface area contributed by atoms with Crippen LogP contribution in [0.25, 0.3) is 0 Å². The average Bonchev–Trinajstić information content (AvgIpc) is 2.57. The summed E-state index contributed by atoms with van der Waals surface area (Å²) >= 11 is 0. The van der Waals surface area contributed by atoms with E-state index in [0.29, 0.717) is 12.1 Å². The van der Waals surface area contributed by atoms with Gasteiger partial charge in [0.2, 0.25) is 10.0 Å². The fraction of sp³-hybridized carbons (Fsp3) is 0.562. The molecule has 0 aliphatic carbocycles. The quantitative estimate of drug-likeness (QED) is 0.578. The van der Waals surface area contributed by atoms with Crippen molar-refractivity contribution in [2.45, 2.75) is 45.7 Å². The number of carbonyl (C=O) groups is 1. The molecule has 1 rings (SSSR count). The molecule has 6 nitrogen and oxygen atoms in total. The number of amides is 1. The van der Waals surface area contributed by atoms with Crippen molar-refractivity contribution >= 4 is 28.3 Å². The van der Waals surface area contributed by atoms with Crippen LogP contribution < -0.4 is 15.8 Å². The minimum absolute atomic E-state index is 0. The standard InChI is InChI=1S/C16H27N3O3S.ClH/c1-3-5-6-15(11-17)19-16(20)14-9-7-13(8-10-14)12-18-23(21,22)4-2;/h7-10,15,18H,3-6,11-12,17H2,1-2H3,(H,19,20);1H. The Bertz CT molecular complexity index is 591. The van der Waals surface area contributed by atoms with Gasteiger partial charge in [0, 0.05) is 24.7 Å². The first kappa shape index (κ1) is 22.9. The predicted molar refractivity (Wildman–Crippen MR) is 99.8 cm³/mol. The molecule has 0 bridgehead atoms. The minimum atomic E-state index is -3.22. The van der Waals surface area contributed by atoms with Crippen LogP contribution in [0.1, 0.15) is 49.0 Å². The van der Waals surface area contributed by atoms with Gasteiger partial charge in [0.25, 0.3) is 5.91 Å². The number of carbonyl (C=O) groups excluding carboxylic acids is 1. The lowest BCUT2D eigenvalue weighted by molar-refractivity contribution is 0.0935. The highest BCUT2D eigenvalue weighted by Gasteiger charge is 2.12. The molecule has 4 N–H and O–H groups in total. The number of sulfonamides is 1. The first-order chi connectivity index (χ1) is 10.9. The first-order valence-corrected chi connectivity index (χ1v) is 9.64. The smallest absolute Gasteiger partial charge is 0.251 e. The predicted octanol–water partition coefficient (Wildman–Crippen LogP) is 1.80. The highest BCUT2D eigenvalue weighted by atomic mass is 35.5. The summed E-state index contributed by atoms with van der Waals surface area (Å²) in [5.41, 5.74) is 7.03. The topological polar surface area (TPSA) is 101 Å². The maximum Gasteiger partial charge on any atom is 0.251 e. The lowest BCUT2D eigenvalue weighted by atomic mass is 10.1. The highest BCUT2D eigenvalue weighted by Crippen LogP contribution is 2.07. The van der Waals surface area contributed by atoms with Crippen LogP contribution in [0.2, 0.25) is 0 Å². The fourth-order valence-electron chi connectivity index (χ4n) is 2.04. The molecule has 24 heavy (non-hydrogen) atoms. The lowest BCUT2D eigenvalue weighted by Crippen LogP contribution is -2.40. The third kappa shape index (κ3) is 8.10. The van der Waals surface area contributed by atoms with Gasteiger partial charge in [-0.2, -0.15) is 0 Å². The van der Waals surface area contributed by atoms with Crippen molar-refractivity contribution < 1.29 is 13.2 Å². The Labute approximate surface area is 151 Å². The van der Waals surface area contributed by atoms with E-state index in [4.69, 9.17) is 5.73 Å². The number of nitrogens with two attached hydrogens (primary N) is 1. The minimum Gasteiger partial charge on any atom is -0.348 e. The van der Waals surface area contributed by atoms with Gasteiger partial charge in [-0.15, -0.1) is 12.4 Å². The Morgan fingerprint density at radius 1 is 1.21 bits per heavy atom. The van der Waals surface area contributed by atoms with Gasteiger partial charge in [-0.25, -0.2) is 13.1 Å². The molecule has 0 heterocycles. The Morgan fingerprint density at radius 2 is 1.83 bits per heavy atom. The van der Waals surface area contributed by atoms with Crippen LogP contribution in [0.15, 0.2) is 24.3 Å². The van der Waals surface area contributed by atoms with Crippen molar-refractivity contribution in [2.75, 3.05) is 12.3 Å². The maximum atomic E-state index is 12.2. The largest absolute Gasteiger partial charge is 0.348 e. The van der Waals surface area contributed by atoms with Gasteiger partial charge in [-0.1, -0.05) is 31.9 Å². The van der Waals surface area contributed by atoms with E-state index in [-0.39, 0.29) is 36.7 Å². The lowest BCUT2D eigenvalue weighted by Gasteiger charge is -2.16. The van der Waals surface area contributed by atoms with E-state index in [1.165, 1.54) is 0 Å². The van der Waals surface area contributed by atoms with Gasteiger partial charge < -0.3 is 11.1 Å². The number of benzene rings is 1. The Balaban J connectivity index is 0.00000529. The van der Waals surface area contributed by atoms with Gasteiger partial charge in [0.1, 0.15) is 0 Å². The van der Waals surface area contributed by atoms with Crippen LogP contribution in [0.4, 0.5) is 0 Å². The van der Waals surface area contributed by atoms with Crippen LogP contribution in [0.5, 0.6) is 0 Å². The Morgan fingerprint density at radius 3 is 2.33 bits per heavy atom. The molecular weight excluding hydrogens is 350 g/mol. The average molecular weight is 378 g/mol. The van der Waals surface area contributed by atoms with E-state index in [0.717, 1.165) is 24.8 Å². The molecular formula is C16H28ClN3O3S. The van der Waals surface area contributed by atoms with E-state index in [1.54, 1.807) is 31.2 Å². The zero-order valence-electron chi connectivity index (χ0n) is 14.2. The number of halogens is 1. The van der Waals surface area contributed by atoms with Crippen molar-refractivity contribution in [1.29, 1.82) is 0 Å². The molecule has 0 saturated heterocycles. The van der Waals surface area contributed by atoms with Crippen molar-refractivity contribution in [1.82, 2.24) is 10.0 Å². The molecule has 8 heteroatoms. The Hall–Kier alpha value is -1.15. The SMILES string of the molecule is CCCCC(CN)NC(=O)c1ccc(CNS(=O)(=O)CC)cc1.Cl. The molecule has 0 spiro atoms. The Kier molecular flexibility index (Phi) is 10.9. The molecule has 1 atom stereocenters. The molecule has 0 radical (unpaired) electrons. The summed E-state index contributed by atoms with van der Waals surface area (Å²) < 4.78 is 25.3. The van der Waals surface area contributed by atoms with Crippen LogP contribution in [-0.2, 0) is 16.6 Å². The summed E-state index contributed by atoms with van der Waals surface area (Å²) in [6.07, 6.45) is 2.96. The third-order valence-corrected chi connectivity index (χ3v) is 4.96. The van der Waals surface area contributed by atoms with Crippen LogP contribution >= 0.6 is 12.4 Å². The van der Waals surface area contributed by atoms with E-state index in [9.17, 15) is 13.2 Å². The first-order valence-electron chi connectivity index (χ1n) is 7.99. The van der Waals surface area contributed by atoms with Crippen molar-refractivity contribution in [3.63, 3.8) is 0 Å². The third-order valence-electron chi connectivity index (χ3n) is 3.62. The molecule has 0 fully saturated rings. The maximum absolute atomic E-state index is 12.2. The van der Waals surface area contributed by atoms with E-state index >= 15 is 0 Å². The molecule has 0 aromatic heterocycles. The van der Waals surface area contributed by atoms with Crippen LogP contribution in [-0.4, -0.2) is 32.7 Å². The van der Waals surface area contributed by atoms with Crippen LogP contribution in [0, 0.1) is 0 Å². The number of nitrogens with one attached hydrogen (secondary N) is 2. The second kappa shape index (κ2) is 11.4. The molecule has 1 unspecified atom stereocenters. The molecule has 1 amide bonds.